The van der Waals surface area contributed by atoms with Gasteiger partial charge in [-0.2, -0.15) is 0 Å². The first kappa shape index (κ1) is 16.8. The molecule has 7 heteroatoms. The second kappa shape index (κ2) is 6.98. The molecular formula is C20H26N6O. The lowest BCUT2D eigenvalue weighted by Gasteiger charge is -2.48. The van der Waals surface area contributed by atoms with Crippen molar-refractivity contribution in [2.75, 3.05) is 49.5 Å². The van der Waals surface area contributed by atoms with Crippen molar-refractivity contribution in [3.63, 3.8) is 0 Å². The van der Waals surface area contributed by atoms with E-state index in [0.717, 1.165) is 62.0 Å². The number of piperidine rings is 1. The molecule has 0 saturated carbocycles. The van der Waals surface area contributed by atoms with E-state index < -0.39 is 0 Å². The van der Waals surface area contributed by atoms with Crippen LogP contribution in [0.15, 0.2) is 30.3 Å². The number of aromatic hydroxyl groups is 1. The molecule has 2 fully saturated rings. The summed E-state index contributed by atoms with van der Waals surface area (Å²) < 4.78 is 0. The SMILES string of the molecule is Oc1ccccc1-c1cc2c(nn1)NC[C@@H]1CN(C3CCNCC3)CCN21. The minimum atomic E-state index is 0.239. The smallest absolute Gasteiger partial charge is 0.172 e. The van der Waals surface area contributed by atoms with Crippen LogP contribution < -0.4 is 15.5 Å². The predicted octanol–water partition coefficient (Wildman–Crippen LogP) is 1.52. The van der Waals surface area contributed by atoms with E-state index in [2.05, 4.69) is 36.7 Å². The Balaban J connectivity index is 1.40. The Morgan fingerprint density at radius 2 is 1.89 bits per heavy atom. The van der Waals surface area contributed by atoms with E-state index in [9.17, 15) is 5.11 Å². The lowest BCUT2D eigenvalue weighted by atomic mass is 10.00. The molecule has 1 atom stereocenters. The highest BCUT2D eigenvalue weighted by Crippen LogP contribution is 2.36. The van der Waals surface area contributed by atoms with Crippen molar-refractivity contribution in [2.45, 2.75) is 24.9 Å². The first-order valence-corrected chi connectivity index (χ1v) is 9.91. The van der Waals surface area contributed by atoms with Crippen LogP contribution in [0.2, 0.25) is 0 Å². The maximum atomic E-state index is 10.2. The molecule has 2 aromatic rings. The number of para-hydroxylation sites is 1. The fraction of sp³-hybridized carbons (Fsp3) is 0.500. The van der Waals surface area contributed by atoms with Gasteiger partial charge < -0.3 is 20.6 Å². The number of nitrogens with zero attached hydrogens (tertiary/aromatic N) is 4. The number of anilines is 2. The van der Waals surface area contributed by atoms with Crippen molar-refractivity contribution in [3.8, 4) is 17.0 Å². The molecule has 1 aromatic heterocycles. The molecule has 3 aliphatic heterocycles. The van der Waals surface area contributed by atoms with Crippen LogP contribution in [-0.4, -0.2) is 71.6 Å². The number of hydrogen-bond donors (Lipinski definition) is 3. The van der Waals surface area contributed by atoms with E-state index in [1.54, 1.807) is 6.07 Å². The number of benzene rings is 1. The first-order valence-electron chi connectivity index (χ1n) is 9.91. The van der Waals surface area contributed by atoms with Crippen molar-refractivity contribution < 1.29 is 5.11 Å². The Bertz CT molecular complexity index is 822. The lowest BCUT2D eigenvalue weighted by molar-refractivity contribution is 0.135. The maximum Gasteiger partial charge on any atom is 0.172 e. The van der Waals surface area contributed by atoms with Crippen molar-refractivity contribution in [2.24, 2.45) is 0 Å². The quantitative estimate of drug-likeness (QED) is 0.744. The summed E-state index contributed by atoms with van der Waals surface area (Å²) in [7, 11) is 0. The van der Waals surface area contributed by atoms with Gasteiger partial charge in [0.2, 0.25) is 0 Å². The fourth-order valence-electron chi connectivity index (χ4n) is 4.64. The molecule has 142 valence electrons. The molecule has 0 radical (unpaired) electrons. The zero-order chi connectivity index (χ0) is 18.2. The van der Waals surface area contributed by atoms with Crippen LogP contribution in [0.3, 0.4) is 0 Å². The average molecular weight is 366 g/mol. The topological polar surface area (TPSA) is 76.5 Å². The lowest BCUT2D eigenvalue weighted by Crippen LogP contribution is -2.60. The Kier molecular flexibility index (Phi) is 4.33. The standard InChI is InChI=1S/C20H26N6O/c27-19-4-2-1-3-16(19)17-11-18-20(24-23-17)22-12-15-13-25(9-10-26(15)18)14-5-7-21-8-6-14/h1-4,11,14-15,21,27H,5-10,12-13H2,(H,22,24)/t15-/m1/s1. The fourth-order valence-corrected chi connectivity index (χ4v) is 4.64. The van der Waals surface area contributed by atoms with Crippen molar-refractivity contribution >= 4 is 11.5 Å². The maximum absolute atomic E-state index is 10.2. The monoisotopic (exact) mass is 366 g/mol. The highest BCUT2D eigenvalue weighted by Gasteiger charge is 2.35. The minimum Gasteiger partial charge on any atom is -0.507 e. The van der Waals surface area contributed by atoms with Gasteiger partial charge in [0.25, 0.3) is 0 Å². The molecule has 0 bridgehead atoms. The molecule has 3 aliphatic rings. The summed E-state index contributed by atoms with van der Waals surface area (Å²) >= 11 is 0. The van der Waals surface area contributed by atoms with Crippen LogP contribution in [0.4, 0.5) is 11.5 Å². The normalized spacial score (nSPS) is 23.4. The third-order valence-corrected chi connectivity index (χ3v) is 6.11. The van der Waals surface area contributed by atoms with Gasteiger partial charge in [0.05, 0.1) is 17.4 Å². The summed E-state index contributed by atoms with van der Waals surface area (Å²) in [6, 6.07) is 10.5. The van der Waals surface area contributed by atoms with E-state index in [-0.39, 0.29) is 5.75 Å². The van der Waals surface area contributed by atoms with Crippen LogP contribution in [0.5, 0.6) is 5.75 Å². The number of piperazine rings is 1. The number of hydrogen-bond acceptors (Lipinski definition) is 7. The van der Waals surface area contributed by atoms with Crippen LogP contribution in [0, 0.1) is 0 Å². The summed E-state index contributed by atoms with van der Waals surface area (Å²) in [5.41, 5.74) is 2.54. The summed E-state index contributed by atoms with van der Waals surface area (Å²) in [6.07, 6.45) is 2.50. The molecule has 2 saturated heterocycles. The van der Waals surface area contributed by atoms with E-state index in [4.69, 9.17) is 0 Å². The molecule has 27 heavy (non-hydrogen) atoms. The number of rotatable bonds is 2. The third kappa shape index (κ3) is 3.11. The van der Waals surface area contributed by atoms with E-state index in [1.807, 2.05) is 18.2 Å². The Hall–Kier alpha value is -2.38. The summed E-state index contributed by atoms with van der Waals surface area (Å²) in [5.74, 6) is 1.09. The Morgan fingerprint density at radius 1 is 1.04 bits per heavy atom. The van der Waals surface area contributed by atoms with Gasteiger partial charge in [-0.25, -0.2) is 0 Å². The zero-order valence-electron chi connectivity index (χ0n) is 15.4. The van der Waals surface area contributed by atoms with Crippen LogP contribution in [0.1, 0.15) is 12.8 Å². The average Bonchev–Trinajstić information content (AvgIpc) is 2.74. The van der Waals surface area contributed by atoms with Gasteiger partial charge >= 0.3 is 0 Å². The number of aromatic nitrogens is 2. The highest BCUT2D eigenvalue weighted by molar-refractivity contribution is 5.76. The second-order valence-corrected chi connectivity index (χ2v) is 7.68. The van der Waals surface area contributed by atoms with E-state index in [0.29, 0.717) is 12.1 Å². The molecule has 4 heterocycles. The van der Waals surface area contributed by atoms with Crippen LogP contribution in [-0.2, 0) is 0 Å². The van der Waals surface area contributed by atoms with E-state index in [1.165, 1.54) is 12.8 Å². The van der Waals surface area contributed by atoms with Gasteiger partial charge in [0.15, 0.2) is 5.82 Å². The number of nitrogens with one attached hydrogen (secondary N) is 2. The predicted molar refractivity (Wildman–Crippen MR) is 106 cm³/mol. The number of fused-ring (bicyclic) bond motifs is 3. The molecule has 3 N–H and O–H groups in total. The van der Waals surface area contributed by atoms with Gasteiger partial charge in [-0.3, -0.25) is 4.90 Å². The van der Waals surface area contributed by atoms with Gasteiger partial charge in [-0.15, -0.1) is 10.2 Å². The summed E-state index contributed by atoms with van der Waals surface area (Å²) in [5, 5.41) is 25.8. The van der Waals surface area contributed by atoms with Crippen molar-refractivity contribution in [3.05, 3.63) is 30.3 Å². The summed E-state index contributed by atoms with van der Waals surface area (Å²) in [4.78, 5) is 5.15. The van der Waals surface area contributed by atoms with Crippen LogP contribution in [0.25, 0.3) is 11.3 Å². The molecule has 7 nitrogen and oxygen atoms in total. The van der Waals surface area contributed by atoms with Gasteiger partial charge in [-0.05, 0) is 44.1 Å². The molecule has 1 aromatic carbocycles. The molecule has 0 aliphatic carbocycles. The molecule has 0 spiro atoms. The zero-order valence-corrected chi connectivity index (χ0v) is 15.4. The van der Waals surface area contributed by atoms with Gasteiger partial charge in [-0.1, -0.05) is 12.1 Å². The van der Waals surface area contributed by atoms with Gasteiger partial charge in [0, 0.05) is 37.8 Å². The second-order valence-electron chi connectivity index (χ2n) is 7.68. The molecular weight excluding hydrogens is 340 g/mol. The molecule has 0 unspecified atom stereocenters. The molecule has 5 rings (SSSR count). The first-order chi connectivity index (χ1) is 13.3. The van der Waals surface area contributed by atoms with Crippen LogP contribution >= 0.6 is 0 Å². The summed E-state index contributed by atoms with van der Waals surface area (Å²) in [6.45, 7) is 6.36. The van der Waals surface area contributed by atoms with E-state index >= 15 is 0 Å². The van der Waals surface area contributed by atoms with Crippen molar-refractivity contribution in [1.29, 1.82) is 0 Å². The number of phenols is 1. The highest BCUT2D eigenvalue weighted by atomic mass is 16.3. The largest absolute Gasteiger partial charge is 0.507 e. The minimum absolute atomic E-state index is 0.239. The molecule has 0 amide bonds. The van der Waals surface area contributed by atoms with Gasteiger partial charge in [0.1, 0.15) is 5.75 Å². The Morgan fingerprint density at radius 3 is 2.74 bits per heavy atom. The Labute approximate surface area is 159 Å². The number of phenolic OH excluding ortho intramolecular Hbond substituents is 1. The third-order valence-electron chi connectivity index (χ3n) is 6.11. The van der Waals surface area contributed by atoms with Crippen molar-refractivity contribution in [1.82, 2.24) is 20.4 Å².